The number of carboxylic acids is 1. The van der Waals surface area contributed by atoms with Crippen molar-refractivity contribution in [2.24, 2.45) is 5.92 Å². The van der Waals surface area contributed by atoms with Crippen LogP contribution < -0.4 is 0 Å². The summed E-state index contributed by atoms with van der Waals surface area (Å²) in [6.07, 6.45) is 2.60. The topological polar surface area (TPSA) is 57.6 Å². The molecule has 2 aliphatic rings. The Morgan fingerprint density at radius 3 is 2.50 bits per heavy atom. The van der Waals surface area contributed by atoms with Gasteiger partial charge in [0, 0.05) is 12.6 Å². The summed E-state index contributed by atoms with van der Waals surface area (Å²) in [5.41, 5.74) is 0. The van der Waals surface area contributed by atoms with Gasteiger partial charge in [-0.1, -0.05) is 0 Å². The van der Waals surface area contributed by atoms with Gasteiger partial charge in [0.1, 0.15) is 5.92 Å². The van der Waals surface area contributed by atoms with E-state index in [2.05, 4.69) is 0 Å². The van der Waals surface area contributed by atoms with Gasteiger partial charge in [0.05, 0.1) is 0 Å². The smallest absolute Gasteiger partial charge is 0.316 e. The Morgan fingerprint density at radius 2 is 2.08 bits per heavy atom. The van der Waals surface area contributed by atoms with E-state index in [0.29, 0.717) is 19.0 Å². The Labute approximate surface area is 70.2 Å². The maximum absolute atomic E-state index is 11.4. The van der Waals surface area contributed by atoms with Gasteiger partial charge in [-0.15, -0.1) is 0 Å². The zero-order valence-electron chi connectivity index (χ0n) is 6.69. The SMILES string of the molecule is O=C(O)[C@@H]1CCN(C2CC2)C1=O. The average Bonchev–Trinajstić information content (AvgIpc) is 2.75. The summed E-state index contributed by atoms with van der Waals surface area (Å²) < 4.78 is 0. The molecule has 66 valence electrons. The quantitative estimate of drug-likeness (QED) is 0.595. The molecule has 1 heterocycles. The van der Waals surface area contributed by atoms with E-state index in [1.165, 1.54) is 0 Å². The van der Waals surface area contributed by atoms with E-state index < -0.39 is 11.9 Å². The molecule has 0 aromatic rings. The summed E-state index contributed by atoms with van der Waals surface area (Å²) in [7, 11) is 0. The molecule has 1 aliphatic carbocycles. The third-order valence-electron chi connectivity index (χ3n) is 2.53. The second kappa shape index (κ2) is 2.47. The van der Waals surface area contributed by atoms with Crippen LogP contribution in [0.15, 0.2) is 0 Å². The second-order valence-corrected chi connectivity index (χ2v) is 3.44. The molecule has 1 amide bonds. The fraction of sp³-hybridized carbons (Fsp3) is 0.750. The van der Waals surface area contributed by atoms with E-state index in [-0.39, 0.29) is 5.91 Å². The molecule has 2 rings (SSSR count). The Balaban J connectivity index is 2.05. The van der Waals surface area contributed by atoms with Gasteiger partial charge in [0.25, 0.3) is 0 Å². The first-order valence-electron chi connectivity index (χ1n) is 4.23. The van der Waals surface area contributed by atoms with Crippen molar-refractivity contribution < 1.29 is 14.7 Å². The van der Waals surface area contributed by atoms with Crippen LogP contribution in [0.1, 0.15) is 19.3 Å². The summed E-state index contributed by atoms with van der Waals surface area (Å²) in [4.78, 5) is 23.6. The molecule has 1 saturated carbocycles. The highest BCUT2D eigenvalue weighted by atomic mass is 16.4. The highest BCUT2D eigenvalue weighted by Crippen LogP contribution is 2.32. The van der Waals surface area contributed by atoms with Gasteiger partial charge >= 0.3 is 5.97 Å². The molecule has 0 aromatic heterocycles. The van der Waals surface area contributed by atoms with Crippen molar-refractivity contribution in [3.8, 4) is 0 Å². The van der Waals surface area contributed by atoms with Crippen molar-refractivity contribution >= 4 is 11.9 Å². The van der Waals surface area contributed by atoms with E-state index >= 15 is 0 Å². The third kappa shape index (κ3) is 1.07. The van der Waals surface area contributed by atoms with Gasteiger partial charge in [-0.3, -0.25) is 9.59 Å². The van der Waals surface area contributed by atoms with Crippen molar-refractivity contribution in [2.45, 2.75) is 25.3 Å². The molecular formula is C8H11NO3. The molecule has 0 spiro atoms. The number of amides is 1. The van der Waals surface area contributed by atoms with Crippen LogP contribution in [-0.4, -0.2) is 34.5 Å². The Hall–Kier alpha value is -1.06. The number of aliphatic carboxylic acids is 1. The van der Waals surface area contributed by atoms with Crippen LogP contribution in [0.25, 0.3) is 0 Å². The zero-order valence-corrected chi connectivity index (χ0v) is 6.69. The normalized spacial score (nSPS) is 29.5. The van der Waals surface area contributed by atoms with Gasteiger partial charge in [0.2, 0.25) is 5.91 Å². The van der Waals surface area contributed by atoms with E-state index in [0.717, 1.165) is 12.8 Å². The van der Waals surface area contributed by atoms with E-state index in [4.69, 9.17) is 5.11 Å². The van der Waals surface area contributed by atoms with Gasteiger partial charge in [-0.25, -0.2) is 0 Å². The van der Waals surface area contributed by atoms with Crippen molar-refractivity contribution in [3.05, 3.63) is 0 Å². The highest BCUT2D eigenvalue weighted by Gasteiger charge is 2.43. The lowest BCUT2D eigenvalue weighted by Gasteiger charge is -2.13. The summed E-state index contributed by atoms with van der Waals surface area (Å²) in [6.45, 7) is 0.639. The minimum absolute atomic E-state index is 0.176. The monoisotopic (exact) mass is 169 g/mol. The van der Waals surface area contributed by atoms with Crippen LogP contribution in [0, 0.1) is 5.92 Å². The number of rotatable bonds is 2. The lowest BCUT2D eigenvalue weighted by Crippen LogP contribution is -2.31. The predicted octanol–water partition coefficient (Wildman–Crippen LogP) is 0.0819. The number of nitrogens with zero attached hydrogens (tertiary/aromatic N) is 1. The lowest BCUT2D eigenvalue weighted by atomic mass is 10.1. The van der Waals surface area contributed by atoms with Gasteiger partial charge in [0.15, 0.2) is 0 Å². The Kier molecular flexibility index (Phi) is 1.56. The maximum Gasteiger partial charge on any atom is 0.316 e. The molecule has 12 heavy (non-hydrogen) atoms. The van der Waals surface area contributed by atoms with Gasteiger partial charge < -0.3 is 10.0 Å². The van der Waals surface area contributed by atoms with Crippen molar-refractivity contribution in [1.29, 1.82) is 0 Å². The molecule has 0 unspecified atom stereocenters. The minimum atomic E-state index is -0.969. The fourth-order valence-electron chi connectivity index (χ4n) is 1.68. The van der Waals surface area contributed by atoms with Gasteiger partial charge in [-0.2, -0.15) is 0 Å². The molecule has 1 atom stereocenters. The van der Waals surface area contributed by atoms with Gasteiger partial charge in [-0.05, 0) is 19.3 Å². The van der Waals surface area contributed by atoms with Crippen LogP contribution in [0.2, 0.25) is 0 Å². The van der Waals surface area contributed by atoms with Crippen LogP contribution in [0.4, 0.5) is 0 Å². The first-order valence-corrected chi connectivity index (χ1v) is 4.23. The number of carbonyl (C=O) groups is 2. The molecule has 1 N–H and O–H groups in total. The Morgan fingerprint density at radius 1 is 1.42 bits per heavy atom. The summed E-state index contributed by atoms with van der Waals surface area (Å²) in [5.74, 6) is -1.90. The largest absolute Gasteiger partial charge is 0.481 e. The molecule has 4 heteroatoms. The molecule has 1 aliphatic heterocycles. The minimum Gasteiger partial charge on any atom is -0.481 e. The molecule has 1 saturated heterocycles. The summed E-state index contributed by atoms with van der Waals surface area (Å²) >= 11 is 0. The van der Waals surface area contributed by atoms with Crippen LogP contribution in [-0.2, 0) is 9.59 Å². The number of hydrogen-bond donors (Lipinski definition) is 1. The van der Waals surface area contributed by atoms with E-state index in [1.807, 2.05) is 0 Å². The predicted molar refractivity (Wildman–Crippen MR) is 40.5 cm³/mol. The third-order valence-corrected chi connectivity index (χ3v) is 2.53. The number of carbonyl (C=O) groups excluding carboxylic acids is 1. The van der Waals surface area contributed by atoms with E-state index in [1.54, 1.807) is 4.90 Å². The Bertz CT molecular complexity index is 234. The van der Waals surface area contributed by atoms with Crippen molar-refractivity contribution in [1.82, 2.24) is 4.90 Å². The summed E-state index contributed by atoms with van der Waals surface area (Å²) in [6, 6.07) is 0.363. The highest BCUT2D eigenvalue weighted by molar-refractivity contribution is 5.98. The molecule has 2 fully saturated rings. The standard InChI is InChI=1S/C8H11NO3/c10-7-6(8(11)12)3-4-9(7)5-1-2-5/h5-6H,1-4H2,(H,11,12)/t6-/m1/s1. The van der Waals surface area contributed by atoms with Crippen LogP contribution in [0.3, 0.4) is 0 Å². The van der Waals surface area contributed by atoms with Crippen molar-refractivity contribution in [2.75, 3.05) is 6.54 Å². The maximum atomic E-state index is 11.4. The number of hydrogen-bond acceptors (Lipinski definition) is 2. The first-order chi connectivity index (χ1) is 5.70. The first kappa shape index (κ1) is 7.58. The molecular weight excluding hydrogens is 158 g/mol. The molecule has 0 aromatic carbocycles. The second-order valence-electron chi connectivity index (χ2n) is 3.44. The van der Waals surface area contributed by atoms with Crippen LogP contribution in [0.5, 0.6) is 0 Å². The van der Waals surface area contributed by atoms with Crippen LogP contribution >= 0.6 is 0 Å². The molecule has 0 radical (unpaired) electrons. The average molecular weight is 169 g/mol. The fourth-order valence-corrected chi connectivity index (χ4v) is 1.68. The van der Waals surface area contributed by atoms with Crippen molar-refractivity contribution in [3.63, 3.8) is 0 Å². The number of likely N-dealkylation sites (tertiary alicyclic amines) is 1. The molecule has 0 bridgehead atoms. The molecule has 4 nitrogen and oxygen atoms in total. The zero-order chi connectivity index (χ0) is 8.72. The lowest BCUT2D eigenvalue weighted by molar-refractivity contribution is -0.147. The van der Waals surface area contributed by atoms with E-state index in [9.17, 15) is 9.59 Å². The number of carboxylic acid groups (broad SMARTS) is 1. The summed E-state index contributed by atoms with van der Waals surface area (Å²) in [5, 5.41) is 8.66.